The fourth-order valence-corrected chi connectivity index (χ4v) is 2.28. The Morgan fingerprint density at radius 2 is 1.48 bits per heavy atom. The van der Waals surface area contributed by atoms with Crippen LogP contribution in [-0.2, 0) is 15.7 Å². The van der Waals surface area contributed by atoms with E-state index in [-0.39, 0.29) is 18.5 Å². The van der Waals surface area contributed by atoms with E-state index in [1.807, 2.05) is 6.92 Å². The average Bonchev–Trinajstić information content (AvgIpc) is 2.62. The molecule has 0 spiro atoms. The first-order valence-electron chi connectivity index (χ1n) is 8.55. The topological polar surface area (TPSA) is 44.8 Å². The molecular weight excluding hydrogens is 361 g/mol. The molecule has 0 aromatic heterocycles. The number of ether oxygens (including phenoxy) is 3. The molecule has 0 N–H and O–H groups in total. The maximum absolute atomic E-state index is 12.6. The van der Waals surface area contributed by atoms with Gasteiger partial charge in [0.25, 0.3) is 0 Å². The Morgan fingerprint density at radius 1 is 0.963 bits per heavy atom. The molecule has 0 aliphatic rings. The highest BCUT2D eigenvalue weighted by Gasteiger charge is 2.30. The molecule has 0 saturated heterocycles. The Bertz CT molecular complexity index is 724. The fraction of sp³-hybridized carbons (Fsp3) is 0.350. The Morgan fingerprint density at radius 3 is 2.00 bits per heavy atom. The molecule has 2 aromatic carbocycles. The quantitative estimate of drug-likeness (QED) is 0.557. The van der Waals surface area contributed by atoms with Gasteiger partial charge < -0.3 is 14.2 Å². The molecule has 1 atom stereocenters. The van der Waals surface area contributed by atoms with Gasteiger partial charge in [-0.1, -0.05) is 0 Å². The molecule has 7 heteroatoms. The molecule has 0 fully saturated rings. The van der Waals surface area contributed by atoms with Gasteiger partial charge in [0.1, 0.15) is 17.2 Å². The van der Waals surface area contributed by atoms with Crippen LogP contribution in [0.15, 0.2) is 48.5 Å². The van der Waals surface area contributed by atoms with Crippen molar-refractivity contribution in [2.45, 2.75) is 39.0 Å². The van der Waals surface area contributed by atoms with Gasteiger partial charge in [0.15, 0.2) is 0 Å². The van der Waals surface area contributed by atoms with Crippen molar-refractivity contribution in [3.8, 4) is 17.2 Å². The maximum Gasteiger partial charge on any atom is 0.416 e. The molecule has 146 valence electrons. The van der Waals surface area contributed by atoms with Crippen molar-refractivity contribution in [2.24, 2.45) is 0 Å². The largest absolute Gasteiger partial charge is 0.491 e. The summed E-state index contributed by atoms with van der Waals surface area (Å²) in [5.74, 6) is 1.13. The first kappa shape index (κ1) is 20.6. The first-order valence-corrected chi connectivity index (χ1v) is 8.55. The van der Waals surface area contributed by atoms with Crippen molar-refractivity contribution in [1.82, 2.24) is 0 Å². The predicted octanol–water partition coefficient (Wildman–Crippen LogP) is 5.61. The second-order valence-electron chi connectivity index (χ2n) is 5.87. The van der Waals surface area contributed by atoms with Crippen LogP contribution in [0, 0.1) is 0 Å². The van der Waals surface area contributed by atoms with E-state index in [4.69, 9.17) is 14.2 Å². The van der Waals surface area contributed by atoms with Gasteiger partial charge in [-0.25, -0.2) is 0 Å². The number of hydrogen-bond acceptors (Lipinski definition) is 4. The molecule has 0 aliphatic carbocycles. The Hall–Kier alpha value is -2.70. The summed E-state index contributed by atoms with van der Waals surface area (Å²) in [6, 6.07) is 11.2. The molecular formula is C20H21F3O4. The molecule has 0 saturated carbocycles. The van der Waals surface area contributed by atoms with Gasteiger partial charge in [0.2, 0.25) is 0 Å². The smallest absolute Gasteiger partial charge is 0.416 e. The Labute approximate surface area is 155 Å². The SMILES string of the molecule is CCOC(=O)CCC(C)Oc1ccc(Oc2ccc(C(F)(F)F)cc2)cc1. The molecule has 27 heavy (non-hydrogen) atoms. The zero-order valence-corrected chi connectivity index (χ0v) is 15.1. The predicted molar refractivity (Wildman–Crippen MR) is 93.9 cm³/mol. The summed E-state index contributed by atoms with van der Waals surface area (Å²) in [5, 5.41) is 0. The van der Waals surface area contributed by atoms with Crippen molar-refractivity contribution in [2.75, 3.05) is 6.61 Å². The number of rotatable bonds is 8. The lowest BCUT2D eigenvalue weighted by Crippen LogP contribution is -2.15. The van der Waals surface area contributed by atoms with Crippen LogP contribution in [0.3, 0.4) is 0 Å². The van der Waals surface area contributed by atoms with E-state index in [0.717, 1.165) is 12.1 Å². The van der Waals surface area contributed by atoms with E-state index in [2.05, 4.69) is 0 Å². The third-order valence-electron chi connectivity index (χ3n) is 3.64. The van der Waals surface area contributed by atoms with E-state index in [9.17, 15) is 18.0 Å². The summed E-state index contributed by atoms with van der Waals surface area (Å²) in [7, 11) is 0. The van der Waals surface area contributed by atoms with Gasteiger partial charge in [0.05, 0.1) is 18.3 Å². The standard InChI is InChI=1S/C20H21F3O4/c1-3-25-19(24)13-4-14(2)26-16-9-11-18(12-10-16)27-17-7-5-15(6-8-17)20(21,22)23/h5-12,14H,3-4,13H2,1-2H3. The zero-order chi connectivity index (χ0) is 19.9. The minimum Gasteiger partial charge on any atom is -0.491 e. The summed E-state index contributed by atoms with van der Waals surface area (Å²) in [5.41, 5.74) is -0.726. The van der Waals surface area contributed by atoms with Crippen molar-refractivity contribution in [3.05, 3.63) is 54.1 Å². The zero-order valence-electron chi connectivity index (χ0n) is 15.1. The van der Waals surface area contributed by atoms with Gasteiger partial charge in [-0.2, -0.15) is 13.2 Å². The summed E-state index contributed by atoms with van der Waals surface area (Å²) >= 11 is 0. The van der Waals surface area contributed by atoms with Crippen molar-refractivity contribution in [3.63, 3.8) is 0 Å². The molecule has 1 unspecified atom stereocenters. The van der Waals surface area contributed by atoms with Crippen molar-refractivity contribution in [1.29, 1.82) is 0 Å². The van der Waals surface area contributed by atoms with E-state index in [0.29, 0.717) is 30.3 Å². The lowest BCUT2D eigenvalue weighted by molar-refractivity contribution is -0.143. The van der Waals surface area contributed by atoms with E-state index in [1.165, 1.54) is 12.1 Å². The summed E-state index contributed by atoms with van der Waals surface area (Å²) in [6.07, 6.45) is -3.73. The van der Waals surface area contributed by atoms with Crippen LogP contribution in [0.1, 0.15) is 32.3 Å². The van der Waals surface area contributed by atoms with Crippen LogP contribution in [0.5, 0.6) is 17.2 Å². The van der Waals surface area contributed by atoms with Crippen molar-refractivity contribution < 1.29 is 32.2 Å². The third kappa shape index (κ3) is 6.84. The number of hydrogen-bond donors (Lipinski definition) is 0. The summed E-state index contributed by atoms with van der Waals surface area (Å²) in [6.45, 7) is 3.96. The van der Waals surface area contributed by atoms with Crippen molar-refractivity contribution >= 4 is 5.97 Å². The highest BCUT2D eigenvalue weighted by molar-refractivity contribution is 5.69. The minimum atomic E-state index is -4.37. The molecule has 0 bridgehead atoms. The third-order valence-corrected chi connectivity index (χ3v) is 3.64. The lowest BCUT2D eigenvalue weighted by Gasteiger charge is -2.15. The fourth-order valence-electron chi connectivity index (χ4n) is 2.28. The summed E-state index contributed by atoms with van der Waals surface area (Å²) in [4.78, 5) is 11.3. The maximum atomic E-state index is 12.6. The number of carbonyl (C=O) groups is 1. The average molecular weight is 382 g/mol. The molecule has 4 nitrogen and oxygen atoms in total. The van der Waals surface area contributed by atoms with Gasteiger partial charge in [0, 0.05) is 6.42 Å². The Balaban J connectivity index is 1.86. The van der Waals surface area contributed by atoms with Gasteiger partial charge in [-0.15, -0.1) is 0 Å². The van der Waals surface area contributed by atoms with E-state index >= 15 is 0 Å². The lowest BCUT2D eigenvalue weighted by atomic mass is 10.2. The van der Waals surface area contributed by atoms with E-state index < -0.39 is 11.7 Å². The normalized spacial score (nSPS) is 12.3. The molecule has 0 aliphatic heterocycles. The van der Waals surface area contributed by atoms with Crippen LogP contribution >= 0.6 is 0 Å². The minimum absolute atomic E-state index is 0.170. The number of benzene rings is 2. The van der Waals surface area contributed by atoms with Crippen LogP contribution in [0.2, 0.25) is 0 Å². The molecule has 0 heterocycles. The van der Waals surface area contributed by atoms with Gasteiger partial charge >= 0.3 is 12.1 Å². The molecule has 2 aromatic rings. The highest BCUT2D eigenvalue weighted by atomic mass is 19.4. The summed E-state index contributed by atoms with van der Waals surface area (Å²) < 4.78 is 53.8. The number of carbonyl (C=O) groups excluding carboxylic acids is 1. The second-order valence-corrected chi connectivity index (χ2v) is 5.87. The van der Waals surface area contributed by atoms with Crippen LogP contribution in [-0.4, -0.2) is 18.7 Å². The molecule has 0 radical (unpaired) electrons. The number of halogens is 3. The number of alkyl halides is 3. The first-order chi connectivity index (χ1) is 12.8. The Kier molecular flexibility index (Phi) is 7.10. The van der Waals surface area contributed by atoms with E-state index in [1.54, 1.807) is 31.2 Å². The van der Waals surface area contributed by atoms with Crippen LogP contribution in [0.25, 0.3) is 0 Å². The number of esters is 1. The monoisotopic (exact) mass is 382 g/mol. The van der Waals surface area contributed by atoms with Gasteiger partial charge in [-0.3, -0.25) is 4.79 Å². The molecule has 2 rings (SSSR count). The van der Waals surface area contributed by atoms with Gasteiger partial charge in [-0.05, 0) is 68.8 Å². The second kappa shape index (κ2) is 9.30. The van der Waals surface area contributed by atoms with Crippen LogP contribution < -0.4 is 9.47 Å². The van der Waals surface area contributed by atoms with Crippen LogP contribution in [0.4, 0.5) is 13.2 Å². The highest BCUT2D eigenvalue weighted by Crippen LogP contribution is 2.31. The molecule has 0 amide bonds.